The van der Waals surface area contributed by atoms with E-state index >= 15 is 0 Å². The smallest absolute Gasteiger partial charge is 0.275 e. The van der Waals surface area contributed by atoms with Crippen molar-refractivity contribution in [2.45, 2.75) is 27.3 Å². The first kappa shape index (κ1) is 19.9. The van der Waals surface area contributed by atoms with Crippen molar-refractivity contribution in [3.8, 4) is 16.9 Å². The van der Waals surface area contributed by atoms with E-state index in [4.69, 9.17) is 11.6 Å². The van der Waals surface area contributed by atoms with Crippen LogP contribution in [0.25, 0.3) is 16.9 Å². The Labute approximate surface area is 179 Å². The number of rotatable bonds is 5. The third kappa shape index (κ3) is 3.74. The van der Waals surface area contributed by atoms with Gasteiger partial charge in [0.05, 0.1) is 0 Å². The van der Waals surface area contributed by atoms with Gasteiger partial charge in [0.1, 0.15) is 5.82 Å². The van der Waals surface area contributed by atoms with Crippen molar-refractivity contribution >= 4 is 23.1 Å². The Balaban J connectivity index is 1.72. The average molecular weight is 420 g/mol. The molecule has 3 aromatic heterocycles. The van der Waals surface area contributed by atoms with E-state index in [2.05, 4.69) is 15.3 Å². The van der Waals surface area contributed by atoms with Crippen LogP contribution in [0.1, 0.15) is 18.2 Å². The largest absolute Gasteiger partial charge is 0.340 e. The lowest BCUT2D eigenvalue weighted by Crippen LogP contribution is -2.22. The highest BCUT2D eigenvalue weighted by Gasteiger charge is 2.15. The Bertz CT molecular complexity index is 1270. The summed E-state index contributed by atoms with van der Waals surface area (Å²) in [5.41, 5.74) is 4.42. The molecule has 3 heterocycles. The number of pyridine rings is 2. The molecule has 4 rings (SSSR count). The highest BCUT2D eigenvalue weighted by Crippen LogP contribution is 2.25. The van der Waals surface area contributed by atoms with Crippen molar-refractivity contribution in [2.24, 2.45) is 0 Å². The first-order valence-corrected chi connectivity index (χ1v) is 10.1. The number of benzene rings is 1. The van der Waals surface area contributed by atoms with Crippen molar-refractivity contribution < 1.29 is 0 Å². The van der Waals surface area contributed by atoms with E-state index in [1.54, 1.807) is 17.1 Å². The predicted octanol–water partition coefficient (Wildman–Crippen LogP) is 5.13. The maximum Gasteiger partial charge on any atom is 0.275 e. The molecule has 0 saturated heterocycles. The van der Waals surface area contributed by atoms with Gasteiger partial charge in [-0.05, 0) is 74.4 Å². The summed E-state index contributed by atoms with van der Waals surface area (Å²) in [5, 5.41) is 3.93. The fourth-order valence-corrected chi connectivity index (χ4v) is 3.67. The maximum atomic E-state index is 12.8. The lowest BCUT2D eigenvalue weighted by atomic mass is 10.1. The Morgan fingerprint density at radius 2 is 1.73 bits per heavy atom. The van der Waals surface area contributed by atoms with Gasteiger partial charge >= 0.3 is 0 Å². The van der Waals surface area contributed by atoms with Crippen molar-refractivity contribution in [2.75, 3.05) is 5.32 Å². The Morgan fingerprint density at radius 1 is 1.00 bits per heavy atom. The van der Waals surface area contributed by atoms with Gasteiger partial charge in [0.25, 0.3) is 5.56 Å². The van der Waals surface area contributed by atoms with E-state index in [0.29, 0.717) is 23.2 Å². The maximum absolute atomic E-state index is 12.8. The number of aromatic nitrogens is 4. The van der Waals surface area contributed by atoms with Crippen LogP contribution in [0.2, 0.25) is 5.02 Å². The van der Waals surface area contributed by atoms with E-state index in [1.165, 1.54) is 0 Å². The number of hydrogen-bond acceptors (Lipinski definition) is 4. The molecule has 6 nitrogen and oxygen atoms in total. The zero-order chi connectivity index (χ0) is 21.3. The second-order valence-electron chi connectivity index (χ2n) is 7.01. The number of anilines is 2. The van der Waals surface area contributed by atoms with Crippen molar-refractivity contribution in [1.29, 1.82) is 0 Å². The molecular formula is C23H22ClN5O. The van der Waals surface area contributed by atoms with Gasteiger partial charge in [-0.2, -0.15) is 4.68 Å². The lowest BCUT2D eigenvalue weighted by Gasteiger charge is -2.12. The number of nitrogens with zero attached hydrogens (tertiary/aromatic N) is 4. The number of nitrogens with one attached hydrogen (secondary N) is 1. The molecular weight excluding hydrogens is 398 g/mol. The fourth-order valence-electron chi connectivity index (χ4n) is 3.48. The van der Waals surface area contributed by atoms with Crippen LogP contribution in [-0.4, -0.2) is 19.3 Å². The van der Waals surface area contributed by atoms with E-state index in [1.807, 2.05) is 74.0 Å². The van der Waals surface area contributed by atoms with E-state index in [-0.39, 0.29) is 5.56 Å². The second-order valence-corrected chi connectivity index (χ2v) is 7.45. The third-order valence-corrected chi connectivity index (χ3v) is 5.37. The molecule has 1 N–H and O–H groups in total. The van der Waals surface area contributed by atoms with E-state index < -0.39 is 0 Å². The highest BCUT2D eigenvalue weighted by atomic mass is 35.5. The van der Waals surface area contributed by atoms with Crippen molar-refractivity contribution in [1.82, 2.24) is 19.3 Å². The normalized spacial score (nSPS) is 10.9. The standard InChI is InChI=1S/C23H22ClN5O/c1-4-28-16(3)15(2)23(30)29(28)22-13-18(9-11-26-22)17-8-10-25-21(12-17)27-20-7-5-6-19(24)14-20/h5-14H,4H2,1-3H3,(H,25,27). The SMILES string of the molecule is CCn1c(C)c(C)c(=O)n1-c1cc(-c2ccnc(Nc3cccc(Cl)c3)c2)ccn1. The third-order valence-electron chi connectivity index (χ3n) is 5.14. The van der Waals surface area contributed by atoms with Gasteiger partial charge in [0.15, 0.2) is 5.82 Å². The minimum absolute atomic E-state index is 0.0444. The molecule has 0 bridgehead atoms. The van der Waals surface area contributed by atoms with Crippen LogP contribution in [0.15, 0.2) is 65.7 Å². The topological polar surface area (TPSA) is 64.7 Å². The molecule has 0 aliphatic heterocycles. The fraction of sp³-hybridized carbons (Fsp3) is 0.174. The van der Waals surface area contributed by atoms with Crippen LogP contribution in [0.4, 0.5) is 11.5 Å². The van der Waals surface area contributed by atoms with Crippen LogP contribution in [0.5, 0.6) is 0 Å². The quantitative estimate of drug-likeness (QED) is 0.487. The monoisotopic (exact) mass is 419 g/mol. The first-order chi connectivity index (χ1) is 14.5. The van der Waals surface area contributed by atoms with Gasteiger partial charge in [-0.1, -0.05) is 17.7 Å². The molecule has 0 fully saturated rings. The molecule has 0 aliphatic rings. The summed E-state index contributed by atoms with van der Waals surface area (Å²) < 4.78 is 3.59. The van der Waals surface area contributed by atoms with Crippen LogP contribution < -0.4 is 10.9 Å². The minimum atomic E-state index is -0.0444. The van der Waals surface area contributed by atoms with E-state index in [0.717, 1.165) is 28.1 Å². The average Bonchev–Trinajstić information content (AvgIpc) is 2.97. The van der Waals surface area contributed by atoms with Gasteiger partial charge in [-0.15, -0.1) is 0 Å². The van der Waals surface area contributed by atoms with Gasteiger partial charge in [-0.25, -0.2) is 9.97 Å². The summed E-state index contributed by atoms with van der Waals surface area (Å²) in [7, 11) is 0. The van der Waals surface area contributed by atoms with Crippen molar-refractivity contribution in [3.63, 3.8) is 0 Å². The Hall–Kier alpha value is -3.38. The van der Waals surface area contributed by atoms with Crippen LogP contribution in [-0.2, 0) is 6.54 Å². The van der Waals surface area contributed by atoms with E-state index in [9.17, 15) is 4.79 Å². The summed E-state index contributed by atoms with van der Waals surface area (Å²) >= 11 is 6.07. The van der Waals surface area contributed by atoms with Gasteiger partial charge < -0.3 is 5.32 Å². The second kappa shape index (κ2) is 8.16. The Kier molecular flexibility index (Phi) is 5.42. The molecule has 4 aromatic rings. The first-order valence-electron chi connectivity index (χ1n) is 9.72. The van der Waals surface area contributed by atoms with Gasteiger partial charge in [0, 0.05) is 40.9 Å². The van der Waals surface area contributed by atoms with Crippen molar-refractivity contribution in [3.05, 3.63) is 87.6 Å². The van der Waals surface area contributed by atoms with Crippen LogP contribution in [0, 0.1) is 13.8 Å². The molecule has 0 unspecified atom stereocenters. The summed E-state index contributed by atoms with van der Waals surface area (Å²) in [6.07, 6.45) is 3.47. The molecule has 0 radical (unpaired) electrons. The van der Waals surface area contributed by atoms with Gasteiger partial charge in [0.2, 0.25) is 0 Å². The zero-order valence-electron chi connectivity index (χ0n) is 17.1. The molecule has 0 spiro atoms. The van der Waals surface area contributed by atoms with Crippen LogP contribution >= 0.6 is 11.6 Å². The summed E-state index contributed by atoms with van der Waals surface area (Å²) in [6, 6.07) is 15.2. The molecule has 0 saturated carbocycles. The molecule has 30 heavy (non-hydrogen) atoms. The zero-order valence-corrected chi connectivity index (χ0v) is 17.8. The molecule has 152 valence electrons. The molecule has 0 amide bonds. The molecule has 1 aromatic carbocycles. The molecule has 0 atom stereocenters. The summed E-state index contributed by atoms with van der Waals surface area (Å²) in [4.78, 5) is 21.6. The minimum Gasteiger partial charge on any atom is -0.340 e. The van der Waals surface area contributed by atoms with Gasteiger partial charge in [-0.3, -0.25) is 9.48 Å². The Morgan fingerprint density at radius 3 is 2.47 bits per heavy atom. The highest BCUT2D eigenvalue weighted by molar-refractivity contribution is 6.30. The molecule has 0 aliphatic carbocycles. The molecule has 7 heteroatoms. The summed E-state index contributed by atoms with van der Waals surface area (Å²) in [5.74, 6) is 1.30. The lowest BCUT2D eigenvalue weighted by molar-refractivity contribution is 0.552. The van der Waals surface area contributed by atoms with Crippen LogP contribution in [0.3, 0.4) is 0 Å². The number of hydrogen-bond donors (Lipinski definition) is 1. The predicted molar refractivity (Wildman–Crippen MR) is 121 cm³/mol. The summed E-state index contributed by atoms with van der Waals surface area (Å²) in [6.45, 7) is 6.50. The number of halogens is 1.